The van der Waals surface area contributed by atoms with Gasteiger partial charge in [-0.2, -0.15) is 0 Å². The maximum absolute atomic E-state index is 15.9. The van der Waals surface area contributed by atoms with Gasteiger partial charge in [-0.3, -0.25) is 14.8 Å². The highest BCUT2D eigenvalue weighted by Crippen LogP contribution is 2.35. The molecule has 1 atom stereocenters. The Kier molecular flexibility index (Phi) is 8.08. The molecular weight excluding hydrogens is 442 g/mol. The first-order valence-electron chi connectivity index (χ1n) is 10.7. The molecule has 180 valence electrons. The van der Waals surface area contributed by atoms with Crippen molar-refractivity contribution in [2.75, 3.05) is 18.7 Å². The second-order valence-corrected chi connectivity index (χ2v) is 8.14. The molecule has 1 amide bonds. The van der Waals surface area contributed by atoms with Gasteiger partial charge in [-0.15, -0.1) is 0 Å². The lowest BCUT2D eigenvalue weighted by Crippen LogP contribution is -2.47. The molecule has 0 fully saturated rings. The number of nitrogens with two attached hydrogens (primary N) is 2. The lowest BCUT2D eigenvalue weighted by molar-refractivity contribution is 0.1000. The number of hydrogen-bond donors (Lipinski definition) is 3. The Hall–Kier alpha value is -3.63. The van der Waals surface area contributed by atoms with E-state index < -0.39 is 17.5 Å². The quantitative estimate of drug-likeness (QED) is 0.388. The number of hydrazine groups is 1. The molecule has 8 nitrogen and oxygen atoms in total. The SMILES string of the molecule is COc1cccc(-c2cncc(N(N[C@@H](CN)CC(C)C)c3ccc(C(N)=O)cn3)c2F)c1F. The van der Waals surface area contributed by atoms with E-state index in [4.69, 9.17) is 16.2 Å². The number of nitrogens with one attached hydrogen (secondary N) is 1. The molecule has 0 radical (unpaired) electrons. The number of benzene rings is 1. The molecule has 5 N–H and O–H groups in total. The van der Waals surface area contributed by atoms with Gasteiger partial charge in [0.2, 0.25) is 5.91 Å². The first kappa shape index (κ1) is 25.0. The number of nitrogens with zero attached hydrogens (tertiary/aromatic N) is 3. The fraction of sp³-hybridized carbons (Fsp3) is 0.292. The molecule has 0 unspecified atom stereocenters. The molecule has 0 saturated heterocycles. The first-order chi connectivity index (χ1) is 16.3. The summed E-state index contributed by atoms with van der Waals surface area (Å²) in [6.45, 7) is 4.36. The summed E-state index contributed by atoms with van der Waals surface area (Å²) in [5.41, 5.74) is 14.6. The van der Waals surface area contributed by atoms with Crippen molar-refractivity contribution in [3.63, 3.8) is 0 Å². The standard InChI is InChI=1S/C24H28F2N6O2/c1-14(2)9-16(10-27)31-32(21-8-7-15(11-30-21)24(28)33)19-13-29-12-18(22(19)25)17-5-4-6-20(34-3)23(17)26/h4-8,11-14,16,31H,9-10,27H2,1-3H3,(H2,28,33)/t16-/m1/s1. The third-order valence-corrected chi connectivity index (χ3v) is 5.19. The number of anilines is 2. The van der Waals surface area contributed by atoms with Crippen molar-refractivity contribution in [3.05, 3.63) is 66.1 Å². The number of primary amides is 1. The lowest BCUT2D eigenvalue weighted by Gasteiger charge is -2.30. The third-order valence-electron chi connectivity index (χ3n) is 5.19. The van der Waals surface area contributed by atoms with Crippen LogP contribution < -0.4 is 26.6 Å². The summed E-state index contributed by atoms with van der Waals surface area (Å²) in [5.74, 6) is -1.49. The number of aromatic nitrogens is 2. The molecule has 0 spiro atoms. The third kappa shape index (κ3) is 5.46. The predicted molar refractivity (Wildman–Crippen MR) is 126 cm³/mol. The summed E-state index contributed by atoms with van der Waals surface area (Å²) >= 11 is 0. The van der Waals surface area contributed by atoms with Crippen LogP contribution in [0.1, 0.15) is 30.6 Å². The Morgan fingerprint density at radius 1 is 1.12 bits per heavy atom. The summed E-state index contributed by atoms with van der Waals surface area (Å²) in [6.07, 6.45) is 4.54. The molecule has 10 heteroatoms. The first-order valence-corrected chi connectivity index (χ1v) is 10.7. The summed E-state index contributed by atoms with van der Waals surface area (Å²) < 4.78 is 35.8. The fourth-order valence-corrected chi connectivity index (χ4v) is 3.53. The molecule has 3 aromatic rings. The van der Waals surface area contributed by atoms with Crippen LogP contribution in [0.15, 0.2) is 48.9 Å². The predicted octanol–water partition coefficient (Wildman–Crippen LogP) is 3.55. The Labute approximate surface area is 196 Å². The van der Waals surface area contributed by atoms with E-state index >= 15 is 4.39 Å². The number of methoxy groups -OCH3 is 1. The lowest BCUT2D eigenvalue weighted by atomic mass is 10.0. The van der Waals surface area contributed by atoms with Crippen LogP contribution in [0.4, 0.5) is 20.3 Å². The van der Waals surface area contributed by atoms with Gasteiger partial charge in [-0.05, 0) is 30.5 Å². The number of amides is 1. The maximum atomic E-state index is 15.9. The van der Waals surface area contributed by atoms with E-state index in [1.807, 2.05) is 13.8 Å². The fourth-order valence-electron chi connectivity index (χ4n) is 3.53. The van der Waals surface area contributed by atoms with Crippen LogP contribution in [-0.4, -0.2) is 35.6 Å². The van der Waals surface area contributed by atoms with Crippen molar-refractivity contribution in [2.45, 2.75) is 26.3 Å². The van der Waals surface area contributed by atoms with Crippen molar-refractivity contribution in [3.8, 4) is 16.9 Å². The van der Waals surface area contributed by atoms with Crippen molar-refractivity contribution in [1.29, 1.82) is 0 Å². The zero-order chi connectivity index (χ0) is 24.8. The van der Waals surface area contributed by atoms with E-state index in [-0.39, 0.29) is 46.5 Å². The van der Waals surface area contributed by atoms with Crippen LogP contribution in [0, 0.1) is 17.6 Å². The van der Waals surface area contributed by atoms with E-state index in [0.717, 1.165) is 0 Å². The Balaban J connectivity index is 2.12. The molecule has 2 heterocycles. The topological polar surface area (TPSA) is 119 Å². The van der Waals surface area contributed by atoms with Gasteiger partial charge in [0.1, 0.15) is 11.5 Å². The summed E-state index contributed by atoms with van der Waals surface area (Å²) in [4.78, 5) is 19.9. The van der Waals surface area contributed by atoms with Crippen molar-refractivity contribution in [1.82, 2.24) is 15.4 Å². The largest absolute Gasteiger partial charge is 0.494 e. The molecule has 0 bridgehead atoms. The minimum Gasteiger partial charge on any atom is -0.494 e. The molecular formula is C24H28F2N6O2. The van der Waals surface area contributed by atoms with E-state index in [0.29, 0.717) is 12.3 Å². The van der Waals surface area contributed by atoms with E-state index in [9.17, 15) is 9.18 Å². The highest BCUT2D eigenvalue weighted by Gasteiger charge is 2.24. The normalized spacial score (nSPS) is 12.0. The van der Waals surface area contributed by atoms with Gasteiger partial charge in [-0.1, -0.05) is 26.0 Å². The van der Waals surface area contributed by atoms with Crippen LogP contribution in [0.3, 0.4) is 0 Å². The van der Waals surface area contributed by atoms with Crippen LogP contribution >= 0.6 is 0 Å². The molecule has 2 aromatic heterocycles. The second kappa shape index (κ2) is 11.0. The highest BCUT2D eigenvalue weighted by atomic mass is 19.1. The minimum absolute atomic E-state index is 0.000686. The van der Waals surface area contributed by atoms with Crippen molar-refractivity contribution >= 4 is 17.4 Å². The summed E-state index contributed by atoms with van der Waals surface area (Å²) in [6, 6.07) is 7.24. The molecule has 1 aromatic carbocycles. The van der Waals surface area contributed by atoms with Crippen LogP contribution in [-0.2, 0) is 0 Å². The number of hydrogen-bond acceptors (Lipinski definition) is 7. The van der Waals surface area contributed by atoms with Gasteiger partial charge in [0.25, 0.3) is 0 Å². The van der Waals surface area contributed by atoms with Crippen molar-refractivity contribution < 1.29 is 18.3 Å². The van der Waals surface area contributed by atoms with E-state index in [2.05, 4.69) is 15.4 Å². The second-order valence-electron chi connectivity index (χ2n) is 8.14. The Morgan fingerprint density at radius 2 is 1.88 bits per heavy atom. The van der Waals surface area contributed by atoms with Crippen LogP contribution in [0.5, 0.6) is 5.75 Å². The van der Waals surface area contributed by atoms with Gasteiger partial charge in [0.05, 0.1) is 18.9 Å². The van der Waals surface area contributed by atoms with Gasteiger partial charge < -0.3 is 16.2 Å². The van der Waals surface area contributed by atoms with Gasteiger partial charge in [0.15, 0.2) is 17.4 Å². The summed E-state index contributed by atoms with van der Waals surface area (Å²) in [5, 5.41) is 1.40. The van der Waals surface area contributed by atoms with Gasteiger partial charge >= 0.3 is 0 Å². The average molecular weight is 471 g/mol. The zero-order valence-electron chi connectivity index (χ0n) is 19.3. The average Bonchev–Trinajstić information content (AvgIpc) is 2.82. The summed E-state index contributed by atoms with van der Waals surface area (Å²) in [7, 11) is 1.34. The highest BCUT2D eigenvalue weighted by molar-refractivity contribution is 5.92. The minimum atomic E-state index is -0.726. The number of pyridine rings is 2. The number of halogens is 2. The van der Waals surface area contributed by atoms with Crippen LogP contribution in [0.25, 0.3) is 11.1 Å². The smallest absolute Gasteiger partial charge is 0.250 e. The Bertz CT molecular complexity index is 1140. The van der Waals surface area contributed by atoms with Gasteiger partial charge in [0, 0.05) is 36.1 Å². The molecule has 0 aliphatic carbocycles. The maximum Gasteiger partial charge on any atom is 0.250 e. The molecule has 0 aliphatic heterocycles. The Morgan fingerprint density at radius 3 is 2.47 bits per heavy atom. The molecule has 0 aliphatic rings. The molecule has 3 rings (SSSR count). The number of carbonyl (C=O) groups is 1. The molecule has 0 saturated carbocycles. The molecule has 34 heavy (non-hydrogen) atoms. The zero-order valence-corrected chi connectivity index (χ0v) is 19.3. The van der Waals surface area contributed by atoms with Crippen LogP contribution in [0.2, 0.25) is 0 Å². The number of rotatable bonds is 10. The van der Waals surface area contributed by atoms with E-state index in [1.165, 1.54) is 55.0 Å². The number of ether oxygens (including phenoxy) is 1. The van der Waals surface area contributed by atoms with Crippen molar-refractivity contribution in [2.24, 2.45) is 17.4 Å². The number of carbonyl (C=O) groups excluding carboxylic acids is 1. The monoisotopic (exact) mass is 470 g/mol. The van der Waals surface area contributed by atoms with E-state index in [1.54, 1.807) is 6.07 Å². The van der Waals surface area contributed by atoms with Gasteiger partial charge in [-0.25, -0.2) is 19.2 Å².